The summed E-state index contributed by atoms with van der Waals surface area (Å²) in [7, 11) is 1.84. The second kappa shape index (κ2) is 4.66. The number of hydrogen-bond donors (Lipinski definition) is 1. The molecule has 0 fully saturated rings. The summed E-state index contributed by atoms with van der Waals surface area (Å²) < 4.78 is 6.97. The Morgan fingerprint density at radius 2 is 2.21 bits per heavy atom. The van der Waals surface area contributed by atoms with Crippen LogP contribution < -0.4 is 5.73 Å². The molecule has 3 rings (SSSR count). The number of hydrogen-bond acceptors (Lipinski definition) is 5. The molecular formula is C13H13N5O. The van der Waals surface area contributed by atoms with Crippen LogP contribution in [0.1, 0.15) is 5.56 Å². The molecule has 6 heteroatoms. The number of aromatic nitrogens is 4. The third kappa shape index (κ3) is 2.25. The van der Waals surface area contributed by atoms with E-state index in [0.717, 1.165) is 16.7 Å². The van der Waals surface area contributed by atoms with E-state index in [1.165, 1.54) is 0 Å². The Hall–Kier alpha value is -2.47. The lowest BCUT2D eigenvalue weighted by Gasteiger charge is -1.97. The van der Waals surface area contributed by atoms with Gasteiger partial charge in [0, 0.05) is 25.4 Å². The van der Waals surface area contributed by atoms with Gasteiger partial charge in [0.1, 0.15) is 0 Å². The molecule has 0 aliphatic rings. The molecule has 2 heterocycles. The molecule has 2 aromatic heterocycles. The smallest absolute Gasteiger partial charge is 0.258 e. The van der Waals surface area contributed by atoms with Crippen molar-refractivity contribution in [2.24, 2.45) is 12.8 Å². The first-order valence-electron chi connectivity index (χ1n) is 5.88. The normalized spacial score (nSPS) is 10.8. The predicted octanol–water partition coefficient (Wildman–Crippen LogP) is 1.60. The minimum absolute atomic E-state index is 0.481. The average Bonchev–Trinajstić information content (AvgIpc) is 3.07. The van der Waals surface area contributed by atoms with Gasteiger partial charge in [-0.15, -0.1) is 0 Å². The zero-order chi connectivity index (χ0) is 13.2. The largest absolute Gasteiger partial charge is 0.334 e. The Morgan fingerprint density at radius 3 is 2.95 bits per heavy atom. The first-order valence-corrected chi connectivity index (χ1v) is 5.88. The maximum atomic E-state index is 5.62. The van der Waals surface area contributed by atoms with E-state index in [2.05, 4.69) is 15.2 Å². The van der Waals surface area contributed by atoms with Crippen LogP contribution in [0.4, 0.5) is 0 Å². The summed E-state index contributed by atoms with van der Waals surface area (Å²) in [6, 6.07) is 7.74. The number of rotatable bonds is 3. The minimum atomic E-state index is 0.481. The van der Waals surface area contributed by atoms with E-state index in [9.17, 15) is 0 Å². The Morgan fingerprint density at radius 1 is 1.32 bits per heavy atom. The van der Waals surface area contributed by atoms with Gasteiger partial charge < -0.3 is 10.3 Å². The van der Waals surface area contributed by atoms with E-state index in [1.54, 1.807) is 10.9 Å². The van der Waals surface area contributed by atoms with Gasteiger partial charge in [-0.2, -0.15) is 10.1 Å². The van der Waals surface area contributed by atoms with E-state index < -0.39 is 0 Å². The maximum Gasteiger partial charge on any atom is 0.258 e. The highest BCUT2D eigenvalue weighted by Gasteiger charge is 2.11. The fraction of sp³-hybridized carbons (Fsp3) is 0.154. The molecule has 0 unspecified atom stereocenters. The minimum Gasteiger partial charge on any atom is -0.334 e. The van der Waals surface area contributed by atoms with E-state index in [-0.39, 0.29) is 0 Å². The van der Waals surface area contributed by atoms with E-state index in [4.69, 9.17) is 10.3 Å². The molecule has 0 bridgehead atoms. The van der Waals surface area contributed by atoms with Gasteiger partial charge in [0.25, 0.3) is 5.89 Å². The third-order valence-corrected chi connectivity index (χ3v) is 2.80. The SMILES string of the molecule is Cn1cc(-c2noc(-c3cccc(CN)c3)n2)cn1. The fourth-order valence-electron chi connectivity index (χ4n) is 1.83. The van der Waals surface area contributed by atoms with Gasteiger partial charge in [-0.1, -0.05) is 17.3 Å². The van der Waals surface area contributed by atoms with Gasteiger partial charge in [0.05, 0.1) is 11.8 Å². The van der Waals surface area contributed by atoms with E-state index in [1.807, 2.05) is 37.5 Å². The van der Waals surface area contributed by atoms with Crippen LogP contribution >= 0.6 is 0 Å². The Bertz CT molecular complexity index is 700. The molecule has 0 aliphatic carbocycles. The van der Waals surface area contributed by atoms with Gasteiger partial charge in [-0.25, -0.2) is 0 Å². The Labute approximate surface area is 109 Å². The quantitative estimate of drug-likeness (QED) is 0.768. The third-order valence-electron chi connectivity index (χ3n) is 2.80. The van der Waals surface area contributed by atoms with Gasteiger partial charge in [-0.05, 0) is 17.7 Å². The van der Waals surface area contributed by atoms with Crippen molar-refractivity contribution in [2.45, 2.75) is 6.54 Å². The van der Waals surface area contributed by atoms with Crippen molar-refractivity contribution >= 4 is 0 Å². The fourth-order valence-corrected chi connectivity index (χ4v) is 1.83. The van der Waals surface area contributed by atoms with Crippen molar-refractivity contribution in [3.8, 4) is 22.8 Å². The molecule has 6 nitrogen and oxygen atoms in total. The van der Waals surface area contributed by atoms with Crippen molar-refractivity contribution in [2.75, 3.05) is 0 Å². The molecule has 0 saturated carbocycles. The second-order valence-corrected chi connectivity index (χ2v) is 4.23. The van der Waals surface area contributed by atoms with Crippen molar-refractivity contribution < 1.29 is 4.52 Å². The van der Waals surface area contributed by atoms with Gasteiger partial charge >= 0.3 is 0 Å². The van der Waals surface area contributed by atoms with Gasteiger partial charge in [-0.3, -0.25) is 4.68 Å². The van der Waals surface area contributed by atoms with Crippen LogP contribution in [0.2, 0.25) is 0 Å². The van der Waals surface area contributed by atoms with Crippen LogP contribution in [0.15, 0.2) is 41.2 Å². The standard InChI is InChI=1S/C13H13N5O/c1-18-8-11(7-15-18)12-16-13(19-17-12)10-4-2-3-9(5-10)6-14/h2-5,7-8H,6,14H2,1H3. The summed E-state index contributed by atoms with van der Waals surface area (Å²) in [6.45, 7) is 0.484. The van der Waals surface area contributed by atoms with E-state index >= 15 is 0 Å². The summed E-state index contributed by atoms with van der Waals surface area (Å²) in [5, 5.41) is 8.04. The van der Waals surface area contributed by atoms with Crippen molar-refractivity contribution in [1.82, 2.24) is 19.9 Å². The lowest BCUT2D eigenvalue weighted by molar-refractivity contribution is 0.432. The van der Waals surface area contributed by atoms with Crippen LogP contribution in [0.3, 0.4) is 0 Å². The van der Waals surface area contributed by atoms with Crippen LogP contribution in [0.25, 0.3) is 22.8 Å². The molecule has 0 saturated heterocycles. The number of nitrogens with two attached hydrogens (primary N) is 1. The van der Waals surface area contributed by atoms with Crippen LogP contribution in [0.5, 0.6) is 0 Å². The molecule has 0 aliphatic heterocycles. The highest BCUT2D eigenvalue weighted by atomic mass is 16.5. The van der Waals surface area contributed by atoms with Crippen LogP contribution in [-0.2, 0) is 13.6 Å². The highest BCUT2D eigenvalue weighted by Crippen LogP contribution is 2.22. The molecule has 19 heavy (non-hydrogen) atoms. The first kappa shape index (κ1) is 11.6. The van der Waals surface area contributed by atoms with Crippen LogP contribution in [0, 0.1) is 0 Å². The lowest BCUT2D eigenvalue weighted by atomic mass is 10.1. The summed E-state index contributed by atoms with van der Waals surface area (Å²) in [5.41, 5.74) is 8.34. The summed E-state index contributed by atoms with van der Waals surface area (Å²) in [6.07, 6.45) is 3.54. The monoisotopic (exact) mass is 255 g/mol. The van der Waals surface area contributed by atoms with Crippen molar-refractivity contribution in [3.63, 3.8) is 0 Å². The van der Waals surface area contributed by atoms with Gasteiger partial charge in [0.2, 0.25) is 5.82 Å². The summed E-state index contributed by atoms with van der Waals surface area (Å²) >= 11 is 0. The molecule has 0 atom stereocenters. The molecule has 2 N–H and O–H groups in total. The van der Waals surface area contributed by atoms with Gasteiger partial charge in [0.15, 0.2) is 0 Å². The molecular weight excluding hydrogens is 242 g/mol. The predicted molar refractivity (Wildman–Crippen MR) is 69.8 cm³/mol. The molecule has 1 aromatic carbocycles. The number of aryl methyl sites for hydroxylation is 1. The zero-order valence-electron chi connectivity index (χ0n) is 10.4. The first-order chi connectivity index (χ1) is 9.26. The van der Waals surface area contributed by atoms with Crippen LogP contribution in [-0.4, -0.2) is 19.9 Å². The molecule has 0 amide bonds. The highest BCUT2D eigenvalue weighted by molar-refractivity contribution is 5.59. The average molecular weight is 255 g/mol. The lowest BCUT2D eigenvalue weighted by Crippen LogP contribution is -1.95. The van der Waals surface area contributed by atoms with Crippen molar-refractivity contribution in [1.29, 1.82) is 0 Å². The summed E-state index contributed by atoms with van der Waals surface area (Å²) in [4.78, 5) is 4.37. The molecule has 0 radical (unpaired) electrons. The van der Waals surface area contributed by atoms with Crippen molar-refractivity contribution in [3.05, 3.63) is 42.2 Å². The Balaban J connectivity index is 1.96. The number of benzene rings is 1. The molecule has 0 spiro atoms. The Kier molecular flexibility index (Phi) is 2.85. The summed E-state index contributed by atoms with van der Waals surface area (Å²) in [5.74, 6) is 1.01. The topological polar surface area (TPSA) is 82.8 Å². The second-order valence-electron chi connectivity index (χ2n) is 4.23. The molecule has 96 valence electrons. The number of nitrogens with zero attached hydrogens (tertiary/aromatic N) is 4. The zero-order valence-corrected chi connectivity index (χ0v) is 10.4. The maximum absolute atomic E-state index is 5.62. The molecule has 3 aromatic rings. The van der Waals surface area contributed by atoms with E-state index in [0.29, 0.717) is 18.3 Å².